The molecule has 0 fully saturated rings. The molecule has 1 atom stereocenters. The minimum Gasteiger partial charge on any atom is -0.465 e. The second-order valence-corrected chi connectivity index (χ2v) is 8.13. The van der Waals surface area contributed by atoms with E-state index in [0.717, 1.165) is 0 Å². The molecule has 0 spiro atoms. The van der Waals surface area contributed by atoms with Gasteiger partial charge in [0, 0.05) is 11.3 Å². The zero-order valence-electron chi connectivity index (χ0n) is 16.6. The number of esters is 2. The highest BCUT2D eigenvalue weighted by molar-refractivity contribution is 7.90. The maximum Gasteiger partial charge on any atom is 0.337 e. The number of carbonyl (C=O) groups is 3. The fourth-order valence-corrected chi connectivity index (χ4v) is 3.98. The molecule has 1 amide bonds. The summed E-state index contributed by atoms with van der Waals surface area (Å²) in [6, 6.07) is 11.2. The van der Waals surface area contributed by atoms with Crippen molar-refractivity contribution < 1.29 is 32.3 Å². The quantitative estimate of drug-likeness (QED) is 0.634. The highest BCUT2D eigenvalue weighted by Crippen LogP contribution is 2.22. The number of rotatable bonds is 6. The monoisotopic (exact) mass is 445 g/mol. The number of fused-ring (bicyclic) bond motifs is 1. The van der Waals surface area contributed by atoms with E-state index < -0.39 is 40.5 Å². The van der Waals surface area contributed by atoms with Gasteiger partial charge in [0.25, 0.3) is 15.9 Å². The second kappa shape index (κ2) is 8.96. The van der Waals surface area contributed by atoms with E-state index in [9.17, 15) is 22.8 Å². The smallest absolute Gasteiger partial charge is 0.337 e. The van der Waals surface area contributed by atoms with Crippen molar-refractivity contribution in [2.24, 2.45) is 4.99 Å². The topological polar surface area (TPSA) is 140 Å². The molecule has 2 aromatic rings. The molecule has 1 aliphatic heterocycles. The van der Waals surface area contributed by atoms with Gasteiger partial charge in [0.1, 0.15) is 11.9 Å². The number of amidine groups is 1. The summed E-state index contributed by atoms with van der Waals surface area (Å²) < 4.78 is 36.0. The summed E-state index contributed by atoms with van der Waals surface area (Å²) in [7, 11) is -2.46. The Morgan fingerprint density at radius 2 is 1.77 bits per heavy atom. The Morgan fingerprint density at radius 3 is 2.45 bits per heavy atom. The number of benzene rings is 2. The molecule has 1 aliphatic rings. The SMILES string of the molecule is COC(=O)c1ccc(NC(=O)COC(=O)[C@H](C)N=C2NS(=O)(=O)c3ccccc32)cc1. The van der Waals surface area contributed by atoms with E-state index in [4.69, 9.17) is 4.74 Å². The first-order valence-electron chi connectivity index (χ1n) is 9.06. The van der Waals surface area contributed by atoms with E-state index in [-0.39, 0.29) is 10.7 Å². The molecule has 11 heteroatoms. The number of amides is 1. The molecule has 0 aliphatic carbocycles. The summed E-state index contributed by atoms with van der Waals surface area (Å²) in [5.41, 5.74) is 1.08. The Bertz CT molecular complexity index is 1160. The van der Waals surface area contributed by atoms with Crippen LogP contribution in [0.15, 0.2) is 58.4 Å². The van der Waals surface area contributed by atoms with Crippen molar-refractivity contribution in [2.45, 2.75) is 17.9 Å². The minimum atomic E-state index is -3.72. The number of aliphatic imine (C=N–C) groups is 1. The van der Waals surface area contributed by atoms with Gasteiger partial charge < -0.3 is 14.8 Å². The predicted molar refractivity (Wildman–Crippen MR) is 110 cm³/mol. The third kappa shape index (κ3) is 5.07. The molecular formula is C20H19N3O7S. The highest BCUT2D eigenvalue weighted by atomic mass is 32.2. The van der Waals surface area contributed by atoms with Crippen LogP contribution in [-0.4, -0.2) is 51.9 Å². The van der Waals surface area contributed by atoms with Crippen LogP contribution in [0.25, 0.3) is 0 Å². The van der Waals surface area contributed by atoms with E-state index >= 15 is 0 Å². The molecule has 10 nitrogen and oxygen atoms in total. The van der Waals surface area contributed by atoms with Gasteiger partial charge in [0.15, 0.2) is 6.61 Å². The highest BCUT2D eigenvalue weighted by Gasteiger charge is 2.31. The minimum absolute atomic E-state index is 0.0372. The van der Waals surface area contributed by atoms with Gasteiger partial charge in [0.05, 0.1) is 17.6 Å². The lowest BCUT2D eigenvalue weighted by Crippen LogP contribution is -2.28. The largest absolute Gasteiger partial charge is 0.465 e. The Balaban J connectivity index is 1.57. The third-order valence-electron chi connectivity index (χ3n) is 4.26. The summed E-state index contributed by atoms with van der Waals surface area (Å²) in [6.07, 6.45) is 0. The molecule has 2 N–H and O–H groups in total. The number of hydrogen-bond acceptors (Lipinski definition) is 8. The van der Waals surface area contributed by atoms with E-state index in [2.05, 4.69) is 19.8 Å². The van der Waals surface area contributed by atoms with Crippen LogP contribution in [0.5, 0.6) is 0 Å². The van der Waals surface area contributed by atoms with Crippen molar-refractivity contribution in [2.75, 3.05) is 19.0 Å². The van der Waals surface area contributed by atoms with Gasteiger partial charge in [-0.05, 0) is 43.3 Å². The lowest BCUT2D eigenvalue weighted by molar-refractivity contribution is -0.148. The zero-order valence-corrected chi connectivity index (χ0v) is 17.4. The van der Waals surface area contributed by atoms with Gasteiger partial charge in [-0.15, -0.1) is 0 Å². The molecule has 162 valence electrons. The molecule has 0 bridgehead atoms. The Hall–Kier alpha value is -3.73. The van der Waals surface area contributed by atoms with Crippen LogP contribution in [0, 0.1) is 0 Å². The van der Waals surface area contributed by atoms with Crippen molar-refractivity contribution in [3.63, 3.8) is 0 Å². The first-order chi connectivity index (χ1) is 14.7. The predicted octanol–water partition coefficient (Wildman–Crippen LogP) is 1.08. The van der Waals surface area contributed by atoms with E-state index in [0.29, 0.717) is 16.8 Å². The molecule has 0 unspecified atom stereocenters. The van der Waals surface area contributed by atoms with Crippen LogP contribution < -0.4 is 10.0 Å². The first-order valence-corrected chi connectivity index (χ1v) is 10.5. The number of hydrogen-bond donors (Lipinski definition) is 2. The maximum atomic E-state index is 12.2. The summed E-state index contributed by atoms with van der Waals surface area (Å²) in [5, 5.41) is 2.52. The third-order valence-corrected chi connectivity index (χ3v) is 5.66. The lowest BCUT2D eigenvalue weighted by atomic mass is 10.2. The van der Waals surface area contributed by atoms with Crippen LogP contribution in [0.3, 0.4) is 0 Å². The Morgan fingerprint density at radius 1 is 1.10 bits per heavy atom. The summed E-state index contributed by atoms with van der Waals surface area (Å²) in [5.74, 6) is -1.86. The molecule has 0 aromatic heterocycles. The number of nitrogens with one attached hydrogen (secondary N) is 2. The maximum absolute atomic E-state index is 12.2. The summed E-state index contributed by atoms with van der Waals surface area (Å²) in [6.45, 7) is 0.864. The van der Waals surface area contributed by atoms with Crippen LogP contribution >= 0.6 is 0 Å². The lowest BCUT2D eigenvalue weighted by Gasteiger charge is -2.10. The molecule has 0 radical (unpaired) electrons. The van der Waals surface area contributed by atoms with E-state index in [1.165, 1.54) is 44.4 Å². The van der Waals surface area contributed by atoms with Crippen molar-refractivity contribution in [1.29, 1.82) is 0 Å². The molecule has 31 heavy (non-hydrogen) atoms. The fourth-order valence-electron chi connectivity index (χ4n) is 2.74. The molecular weight excluding hydrogens is 426 g/mol. The molecule has 2 aromatic carbocycles. The first kappa shape index (κ1) is 22.0. The molecule has 0 saturated carbocycles. The number of methoxy groups -OCH3 is 1. The molecule has 0 saturated heterocycles. The zero-order chi connectivity index (χ0) is 22.6. The van der Waals surface area contributed by atoms with Gasteiger partial charge in [-0.3, -0.25) is 14.5 Å². The summed E-state index contributed by atoms with van der Waals surface area (Å²) >= 11 is 0. The second-order valence-electron chi connectivity index (χ2n) is 6.48. The number of carbonyl (C=O) groups excluding carboxylic acids is 3. The Kier molecular flexibility index (Phi) is 6.35. The number of sulfonamides is 1. The van der Waals surface area contributed by atoms with Crippen molar-refractivity contribution in [1.82, 2.24) is 4.72 Å². The van der Waals surface area contributed by atoms with Crippen LogP contribution in [0.4, 0.5) is 5.69 Å². The standard InChI is InChI=1S/C20H19N3O7S/c1-12(21-18-15-5-3-4-6-16(15)31(27,28)23-18)19(25)30-11-17(24)22-14-9-7-13(8-10-14)20(26)29-2/h3-10,12H,11H2,1-2H3,(H,21,23)(H,22,24)/t12-/m0/s1. The van der Waals surface area contributed by atoms with Gasteiger partial charge in [-0.1, -0.05) is 12.1 Å². The number of ether oxygens (including phenoxy) is 2. The number of nitrogens with zero attached hydrogens (tertiary/aromatic N) is 1. The van der Waals surface area contributed by atoms with Crippen LogP contribution in [0.2, 0.25) is 0 Å². The number of anilines is 1. The summed E-state index contributed by atoms with van der Waals surface area (Å²) in [4.78, 5) is 39.7. The van der Waals surface area contributed by atoms with Crippen molar-refractivity contribution in [3.05, 3.63) is 59.7 Å². The van der Waals surface area contributed by atoms with Crippen LogP contribution in [-0.2, 0) is 29.1 Å². The van der Waals surface area contributed by atoms with Gasteiger partial charge >= 0.3 is 11.9 Å². The van der Waals surface area contributed by atoms with Gasteiger partial charge in [-0.25, -0.2) is 18.0 Å². The van der Waals surface area contributed by atoms with Crippen LogP contribution in [0.1, 0.15) is 22.8 Å². The van der Waals surface area contributed by atoms with E-state index in [1.807, 2.05) is 0 Å². The van der Waals surface area contributed by atoms with Crippen molar-refractivity contribution in [3.8, 4) is 0 Å². The Labute approximate surface area is 178 Å². The van der Waals surface area contributed by atoms with E-state index in [1.54, 1.807) is 18.2 Å². The average molecular weight is 445 g/mol. The van der Waals surface area contributed by atoms with Gasteiger partial charge in [-0.2, -0.15) is 0 Å². The molecule has 3 rings (SSSR count). The van der Waals surface area contributed by atoms with Crippen molar-refractivity contribution >= 4 is 39.4 Å². The normalized spacial score (nSPS) is 16.0. The fraction of sp³-hybridized carbons (Fsp3) is 0.200. The molecule has 1 heterocycles. The average Bonchev–Trinajstić information content (AvgIpc) is 3.02. The van der Waals surface area contributed by atoms with Gasteiger partial charge in [0.2, 0.25) is 0 Å².